The number of carbonyl (C=O) groups excluding carboxylic acids is 1. The lowest BCUT2D eigenvalue weighted by atomic mass is 10.1. The average molecular weight is 429 g/mol. The molecule has 3 nitrogen and oxygen atoms in total. The number of nitrogens with one attached hydrogen (secondary N) is 1. The number of thioether (sulfide) groups is 1. The predicted octanol–water partition coefficient (Wildman–Crippen LogP) is 5.48. The standard InChI is InChI=1S/C20H20ClF3N2OS/c1-10-2-3-12(9-25)19(10)28-17-6-11(4-5-14(17)21)20(27)26-13-7-15(22)18(24)16(23)8-13/h4-8,10,12,19H,2-3,9,25H2,1H3,(H,26,27). The molecule has 28 heavy (non-hydrogen) atoms. The highest BCUT2D eigenvalue weighted by atomic mass is 35.5. The van der Waals surface area contributed by atoms with E-state index in [0.717, 1.165) is 29.9 Å². The van der Waals surface area contributed by atoms with Gasteiger partial charge in [-0.05, 0) is 49.4 Å². The van der Waals surface area contributed by atoms with E-state index >= 15 is 0 Å². The van der Waals surface area contributed by atoms with Crippen LogP contribution >= 0.6 is 23.4 Å². The van der Waals surface area contributed by atoms with Crippen molar-refractivity contribution in [1.82, 2.24) is 0 Å². The third-order valence-electron chi connectivity index (χ3n) is 5.02. The van der Waals surface area contributed by atoms with Crippen LogP contribution in [0.3, 0.4) is 0 Å². The molecule has 1 fully saturated rings. The summed E-state index contributed by atoms with van der Waals surface area (Å²) in [5.74, 6) is -4.02. The molecule has 0 heterocycles. The molecular formula is C20H20ClF3N2OS. The van der Waals surface area contributed by atoms with Gasteiger partial charge in [0.2, 0.25) is 0 Å². The van der Waals surface area contributed by atoms with Gasteiger partial charge in [0.1, 0.15) is 0 Å². The maximum absolute atomic E-state index is 13.3. The first-order chi connectivity index (χ1) is 13.3. The van der Waals surface area contributed by atoms with Gasteiger partial charge in [-0.1, -0.05) is 18.5 Å². The monoisotopic (exact) mass is 428 g/mol. The number of benzene rings is 2. The summed E-state index contributed by atoms with van der Waals surface area (Å²) in [6.07, 6.45) is 2.16. The minimum absolute atomic E-state index is 0.168. The Morgan fingerprint density at radius 2 is 1.89 bits per heavy atom. The average Bonchev–Trinajstić information content (AvgIpc) is 3.01. The molecule has 0 radical (unpaired) electrons. The smallest absolute Gasteiger partial charge is 0.255 e. The first-order valence-corrected chi connectivity index (χ1v) is 10.2. The van der Waals surface area contributed by atoms with E-state index in [9.17, 15) is 18.0 Å². The van der Waals surface area contributed by atoms with Gasteiger partial charge in [-0.15, -0.1) is 11.8 Å². The largest absolute Gasteiger partial charge is 0.330 e. The van der Waals surface area contributed by atoms with Gasteiger partial charge in [0.15, 0.2) is 17.5 Å². The number of carbonyl (C=O) groups is 1. The summed E-state index contributed by atoms with van der Waals surface area (Å²) in [5.41, 5.74) is 5.99. The molecule has 150 valence electrons. The summed E-state index contributed by atoms with van der Waals surface area (Å²) in [6.45, 7) is 2.77. The van der Waals surface area contributed by atoms with E-state index in [1.54, 1.807) is 23.9 Å². The Kier molecular flexibility index (Phi) is 6.58. The molecular weight excluding hydrogens is 409 g/mol. The zero-order valence-corrected chi connectivity index (χ0v) is 16.7. The molecule has 3 N–H and O–H groups in total. The lowest BCUT2D eigenvalue weighted by Gasteiger charge is -2.22. The Morgan fingerprint density at radius 1 is 1.21 bits per heavy atom. The van der Waals surface area contributed by atoms with E-state index in [4.69, 9.17) is 17.3 Å². The first-order valence-electron chi connectivity index (χ1n) is 8.92. The first kappa shape index (κ1) is 21.0. The fraction of sp³-hybridized carbons (Fsp3) is 0.350. The second-order valence-electron chi connectivity index (χ2n) is 6.99. The van der Waals surface area contributed by atoms with Crippen molar-refractivity contribution < 1.29 is 18.0 Å². The van der Waals surface area contributed by atoms with Gasteiger partial charge in [0, 0.05) is 33.5 Å². The predicted molar refractivity (Wildman–Crippen MR) is 106 cm³/mol. The summed E-state index contributed by atoms with van der Waals surface area (Å²) >= 11 is 7.91. The lowest BCUT2D eigenvalue weighted by Crippen LogP contribution is -2.23. The Balaban J connectivity index is 1.80. The molecule has 1 amide bonds. The van der Waals surface area contributed by atoms with Crippen molar-refractivity contribution in [3.8, 4) is 0 Å². The van der Waals surface area contributed by atoms with Crippen LogP contribution in [-0.4, -0.2) is 17.7 Å². The van der Waals surface area contributed by atoms with E-state index in [-0.39, 0.29) is 11.3 Å². The third-order valence-corrected chi connectivity index (χ3v) is 7.17. The highest BCUT2D eigenvalue weighted by molar-refractivity contribution is 8.00. The van der Waals surface area contributed by atoms with Crippen LogP contribution in [0.15, 0.2) is 35.2 Å². The highest BCUT2D eigenvalue weighted by Crippen LogP contribution is 2.44. The zero-order chi connectivity index (χ0) is 20.4. The van der Waals surface area contributed by atoms with Gasteiger partial charge in [-0.3, -0.25) is 4.79 Å². The van der Waals surface area contributed by atoms with Crippen molar-refractivity contribution in [2.75, 3.05) is 11.9 Å². The fourth-order valence-electron chi connectivity index (χ4n) is 3.45. The molecule has 0 spiro atoms. The van der Waals surface area contributed by atoms with Crippen molar-refractivity contribution in [2.45, 2.75) is 29.9 Å². The maximum atomic E-state index is 13.3. The van der Waals surface area contributed by atoms with Gasteiger partial charge >= 0.3 is 0 Å². The van der Waals surface area contributed by atoms with E-state index in [0.29, 0.717) is 28.7 Å². The van der Waals surface area contributed by atoms with Gasteiger partial charge in [0.25, 0.3) is 5.91 Å². The SMILES string of the molecule is CC1CCC(CN)C1Sc1cc(C(=O)Nc2cc(F)c(F)c(F)c2)ccc1Cl. The van der Waals surface area contributed by atoms with Gasteiger partial charge < -0.3 is 11.1 Å². The van der Waals surface area contributed by atoms with Crippen LogP contribution in [0.4, 0.5) is 18.9 Å². The summed E-state index contributed by atoms with van der Waals surface area (Å²) in [6, 6.07) is 6.25. The maximum Gasteiger partial charge on any atom is 0.255 e. The van der Waals surface area contributed by atoms with Crippen LogP contribution in [0.1, 0.15) is 30.1 Å². The number of rotatable bonds is 5. The van der Waals surface area contributed by atoms with Crippen molar-refractivity contribution in [1.29, 1.82) is 0 Å². The topological polar surface area (TPSA) is 55.1 Å². The molecule has 8 heteroatoms. The Labute approximate surface area is 170 Å². The summed E-state index contributed by atoms with van der Waals surface area (Å²) < 4.78 is 39.8. The fourth-order valence-corrected chi connectivity index (χ4v) is 5.18. The molecule has 0 saturated heterocycles. The molecule has 3 rings (SSSR count). The molecule has 2 aromatic rings. The molecule has 1 aliphatic rings. The van der Waals surface area contributed by atoms with Crippen LogP contribution in [0, 0.1) is 29.3 Å². The number of halogens is 4. The highest BCUT2D eigenvalue weighted by Gasteiger charge is 2.33. The van der Waals surface area contributed by atoms with Crippen LogP contribution in [-0.2, 0) is 0 Å². The summed E-state index contributed by atoms with van der Waals surface area (Å²) in [7, 11) is 0. The minimum Gasteiger partial charge on any atom is -0.330 e. The van der Waals surface area contributed by atoms with Gasteiger partial charge in [0.05, 0.1) is 5.02 Å². The molecule has 1 aliphatic carbocycles. The van der Waals surface area contributed by atoms with Crippen LogP contribution < -0.4 is 11.1 Å². The number of hydrogen-bond donors (Lipinski definition) is 2. The number of anilines is 1. The Hall–Kier alpha value is -1.70. The van der Waals surface area contributed by atoms with Crippen molar-refractivity contribution >= 4 is 35.0 Å². The van der Waals surface area contributed by atoms with Gasteiger partial charge in [-0.25, -0.2) is 13.2 Å². The van der Waals surface area contributed by atoms with Gasteiger partial charge in [-0.2, -0.15) is 0 Å². The number of nitrogens with two attached hydrogens (primary N) is 1. The van der Waals surface area contributed by atoms with E-state index in [2.05, 4.69) is 12.2 Å². The molecule has 2 aromatic carbocycles. The second kappa shape index (κ2) is 8.76. The van der Waals surface area contributed by atoms with E-state index in [1.165, 1.54) is 6.07 Å². The summed E-state index contributed by atoms with van der Waals surface area (Å²) in [5, 5.41) is 3.21. The quantitative estimate of drug-likeness (QED) is 0.620. The zero-order valence-electron chi connectivity index (χ0n) is 15.1. The van der Waals surface area contributed by atoms with Crippen LogP contribution in [0.2, 0.25) is 5.02 Å². The lowest BCUT2D eigenvalue weighted by molar-refractivity contribution is 0.102. The molecule has 0 aliphatic heterocycles. The van der Waals surface area contributed by atoms with Crippen LogP contribution in [0.5, 0.6) is 0 Å². The number of amides is 1. The molecule has 3 unspecified atom stereocenters. The molecule has 1 saturated carbocycles. The van der Waals surface area contributed by atoms with Crippen LogP contribution in [0.25, 0.3) is 0 Å². The Morgan fingerprint density at radius 3 is 2.54 bits per heavy atom. The van der Waals surface area contributed by atoms with Crippen molar-refractivity contribution in [3.63, 3.8) is 0 Å². The normalized spacial score (nSPS) is 21.7. The molecule has 0 aromatic heterocycles. The molecule has 3 atom stereocenters. The van der Waals surface area contributed by atoms with E-state index < -0.39 is 23.4 Å². The minimum atomic E-state index is -1.58. The third kappa shape index (κ3) is 4.47. The summed E-state index contributed by atoms with van der Waals surface area (Å²) in [4.78, 5) is 13.2. The van der Waals surface area contributed by atoms with E-state index in [1.807, 2.05) is 0 Å². The van der Waals surface area contributed by atoms with Crippen molar-refractivity contribution in [2.24, 2.45) is 17.6 Å². The van der Waals surface area contributed by atoms with Crippen molar-refractivity contribution in [3.05, 3.63) is 58.4 Å². The molecule has 0 bridgehead atoms. The Bertz CT molecular complexity index is 873. The second-order valence-corrected chi connectivity index (χ2v) is 8.61. The number of hydrogen-bond acceptors (Lipinski definition) is 3.